The van der Waals surface area contributed by atoms with Crippen LogP contribution < -0.4 is 5.73 Å². The van der Waals surface area contributed by atoms with E-state index >= 15 is 0 Å². The van der Waals surface area contributed by atoms with Gasteiger partial charge in [-0.3, -0.25) is 0 Å². The van der Waals surface area contributed by atoms with Gasteiger partial charge in [0.05, 0.1) is 6.20 Å². The highest BCUT2D eigenvalue weighted by molar-refractivity contribution is 5.29. The molecule has 0 radical (unpaired) electrons. The molecule has 2 aromatic heterocycles. The van der Waals surface area contributed by atoms with Crippen molar-refractivity contribution in [3.8, 4) is 5.82 Å². The highest BCUT2D eigenvalue weighted by Gasteiger charge is 2.35. The van der Waals surface area contributed by atoms with Crippen molar-refractivity contribution in [1.29, 1.82) is 0 Å². The zero-order valence-electron chi connectivity index (χ0n) is 8.65. The van der Waals surface area contributed by atoms with Gasteiger partial charge in [0.2, 0.25) is 0 Å². The molecule has 17 heavy (non-hydrogen) atoms. The summed E-state index contributed by atoms with van der Waals surface area (Å²) in [5.74, 6) is 0.102. The van der Waals surface area contributed by atoms with Gasteiger partial charge in [-0.25, -0.2) is 9.67 Å². The molecule has 2 aromatic rings. The Morgan fingerprint density at radius 3 is 2.65 bits per heavy atom. The molecule has 0 saturated heterocycles. The third-order valence-electron chi connectivity index (χ3n) is 2.20. The number of pyridine rings is 1. The summed E-state index contributed by atoms with van der Waals surface area (Å²) < 4.78 is 38.7. The van der Waals surface area contributed by atoms with Crippen LogP contribution in [0.15, 0.2) is 30.6 Å². The van der Waals surface area contributed by atoms with Crippen LogP contribution in [0.3, 0.4) is 0 Å². The van der Waals surface area contributed by atoms with Crippen molar-refractivity contribution in [1.82, 2.24) is 14.8 Å². The molecule has 2 rings (SSSR count). The van der Waals surface area contributed by atoms with Gasteiger partial charge in [-0.15, -0.1) is 0 Å². The lowest BCUT2D eigenvalue weighted by Gasteiger charge is -2.09. The van der Waals surface area contributed by atoms with Gasteiger partial charge in [-0.2, -0.15) is 18.3 Å². The number of halogens is 3. The highest BCUT2D eigenvalue weighted by atomic mass is 19.4. The second-order valence-corrected chi connectivity index (χ2v) is 3.35. The second-order valence-electron chi connectivity index (χ2n) is 3.35. The zero-order valence-corrected chi connectivity index (χ0v) is 8.65. The van der Waals surface area contributed by atoms with Gasteiger partial charge in [0.1, 0.15) is 5.69 Å². The lowest BCUT2D eigenvalue weighted by atomic mass is 10.2. The fourth-order valence-corrected chi connectivity index (χ4v) is 1.40. The quantitative estimate of drug-likeness (QED) is 0.872. The first kappa shape index (κ1) is 11.6. The monoisotopic (exact) mass is 242 g/mol. The SMILES string of the molecule is NCc1ccnc(-n2nccc2C(F)(F)F)c1. The van der Waals surface area contributed by atoms with Gasteiger partial charge >= 0.3 is 6.18 Å². The predicted molar refractivity (Wildman–Crippen MR) is 54.3 cm³/mol. The molecule has 0 amide bonds. The summed E-state index contributed by atoms with van der Waals surface area (Å²) in [6.45, 7) is 0.234. The van der Waals surface area contributed by atoms with Crippen molar-refractivity contribution in [2.45, 2.75) is 12.7 Å². The van der Waals surface area contributed by atoms with Crippen molar-refractivity contribution >= 4 is 0 Å². The van der Waals surface area contributed by atoms with Crippen molar-refractivity contribution in [3.63, 3.8) is 0 Å². The molecule has 0 aromatic carbocycles. The van der Waals surface area contributed by atoms with Crippen molar-refractivity contribution in [2.75, 3.05) is 0 Å². The fraction of sp³-hybridized carbons (Fsp3) is 0.200. The second kappa shape index (κ2) is 4.17. The van der Waals surface area contributed by atoms with Crippen LogP contribution in [0.4, 0.5) is 13.2 Å². The van der Waals surface area contributed by atoms with Crippen molar-refractivity contribution in [2.24, 2.45) is 5.73 Å². The van der Waals surface area contributed by atoms with Gasteiger partial charge < -0.3 is 5.73 Å². The summed E-state index contributed by atoms with van der Waals surface area (Å²) in [6.07, 6.45) is -1.98. The molecule has 0 aliphatic carbocycles. The van der Waals surface area contributed by atoms with E-state index in [0.29, 0.717) is 5.56 Å². The summed E-state index contributed by atoms with van der Waals surface area (Å²) in [7, 11) is 0. The first-order valence-electron chi connectivity index (χ1n) is 4.79. The van der Waals surface area contributed by atoms with E-state index in [9.17, 15) is 13.2 Å². The summed E-state index contributed by atoms with van der Waals surface area (Å²) in [4.78, 5) is 3.85. The molecular formula is C10H9F3N4. The van der Waals surface area contributed by atoms with E-state index in [0.717, 1.165) is 16.9 Å². The third kappa shape index (κ3) is 2.28. The van der Waals surface area contributed by atoms with Gasteiger partial charge in [0, 0.05) is 12.7 Å². The number of nitrogens with two attached hydrogens (primary N) is 1. The van der Waals surface area contributed by atoms with Crippen LogP contribution in [-0.2, 0) is 12.7 Å². The van der Waals surface area contributed by atoms with E-state index in [2.05, 4.69) is 10.1 Å². The Morgan fingerprint density at radius 2 is 2.00 bits per heavy atom. The largest absolute Gasteiger partial charge is 0.433 e. The first-order valence-corrected chi connectivity index (χ1v) is 4.79. The molecule has 0 unspecified atom stereocenters. The lowest BCUT2D eigenvalue weighted by molar-refractivity contribution is -0.142. The van der Waals surface area contributed by atoms with Gasteiger partial charge in [-0.05, 0) is 23.8 Å². The van der Waals surface area contributed by atoms with E-state index in [1.165, 1.54) is 12.3 Å². The molecule has 0 fully saturated rings. The normalized spacial score (nSPS) is 11.8. The molecule has 90 valence electrons. The van der Waals surface area contributed by atoms with Crippen LogP contribution in [-0.4, -0.2) is 14.8 Å². The van der Waals surface area contributed by atoms with Crippen molar-refractivity contribution < 1.29 is 13.2 Å². The number of hydrogen-bond donors (Lipinski definition) is 1. The maximum atomic E-state index is 12.6. The number of nitrogens with zero attached hydrogens (tertiary/aromatic N) is 3. The zero-order chi connectivity index (χ0) is 12.5. The Bertz CT molecular complexity index is 518. The lowest BCUT2D eigenvalue weighted by Crippen LogP contribution is -2.14. The van der Waals surface area contributed by atoms with Crippen LogP contribution in [0.25, 0.3) is 5.82 Å². The van der Waals surface area contributed by atoms with E-state index in [4.69, 9.17) is 5.73 Å². The molecule has 0 aliphatic heterocycles. The van der Waals surface area contributed by atoms with Crippen molar-refractivity contribution in [3.05, 3.63) is 41.9 Å². The molecule has 0 atom stereocenters. The summed E-state index contributed by atoms with van der Waals surface area (Å²) in [6, 6.07) is 4.01. The van der Waals surface area contributed by atoms with Crippen LogP contribution in [0.5, 0.6) is 0 Å². The summed E-state index contributed by atoms with van der Waals surface area (Å²) in [5.41, 5.74) is 5.25. The maximum Gasteiger partial charge on any atom is 0.433 e. The number of hydrogen-bond acceptors (Lipinski definition) is 3. The Labute approximate surface area is 94.9 Å². The summed E-state index contributed by atoms with van der Waals surface area (Å²) >= 11 is 0. The molecule has 0 saturated carbocycles. The molecule has 4 nitrogen and oxygen atoms in total. The van der Waals surface area contributed by atoms with Crippen LogP contribution in [0.1, 0.15) is 11.3 Å². The molecule has 7 heteroatoms. The van der Waals surface area contributed by atoms with E-state index in [-0.39, 0.29) is 12.4 Å². The smallest absolute Gasteiger partial charge is 0.326 e. The van der Waals surface area contributed by atoms with Crippen LogP contribution in [0, 0.1) is 0 Å². The number of rotatable bonds is 2. The van der Waals surface area contributed by atoms with Gasteiger partial charge in [-0.1, -0.05) is 0 Å². The predicted octanol–water partition coefficient (Wildman–Crippen LogP) is 1.74. The maximum absolute atomic E-state index is 12.6. The standard InChI is InChI=1S/C10H9F3N4/c11-10(12,13)8-2-4-16-17(8)9-5-7(6-14)1-3-15-9/h1-5H,6,14H2. The van der Waals surface area contributed by atoms with E-state index in [1.54, 1.807) is 6.07 Å². The minimum absolute atomic E-state index is 0.102. The molecule has 2 N–H and O–H groups in total. The Kier molecular flexibility index (Phi) is 2.84. The number of aromatic nitrogens is 3. The van der Waals surface area contributed by atoms with Crippen LogP contribution in [0.2, 0.25) is 0 Å². The van der Waals surface area contributed by atoms with Gasteiger partial charge in [0.25, 0.3) is 0 Å². The first-order chi connectivity index (χ1) is 8.02. The highest BCUT2D eigenvalue weighted by Crippen LogP contribution is 2.30. The topological polar surface area (TPSA) is 56.7 Å². The minimum Gasteiger partial charge on any atom is -0.326 e. The average molecular weight is 242 g/mol. The molecule has 0 spiro atoms. The Balaban J connectivity index is 2.50. The molecular weight excluding hydrogens is 233 g/mol. The average Bonchev–Trinajstić information content (AvgIpc) is 2.77. The Morgan fingerprint density at radius 1 is 1.24 bits per heavy atom. The summed E-state index contributed by atoms with van der Waals surface area (Å²) in [5, 5.41) is 3.62. The van der Waals surface area contributed by atoms with Gasteiger partial charge in [0.15, 0.2) is 5.82 Å². The molecule has 0 bridgehead atoms. The van der Waals surface area contributed by atoms with Crippen LogP contribution >= 0.6 is 0 Å². The Hall–Kier alpha value is -1.89. The molecule has 0 aliphatic rings. The minimum atomic E-state index is -4.46. The third-order valence-corrected chi connectivity index (χ3v) is 2.20. The van der Waals surface area contributed by atoms with E-state index < -0.39 is 11.9 Å². The number of alkyl halides is 3. The fourth-order valence-electron chi connectivity index (χ4n) is 1.40. The van der Waals surface area contributed by atoms with E-state index in [1.807, 2.05) is 0 Å². The molecule has 2 heterocycles.